The second kappa shape index (κ2) is 10.8. The molecular weight excluding hydrogens is 364 g/mol. The topological polar surface area (TPSA) is 66.5 Å². The van der Waals surface area contributed by atoms with Crippen molar-refractivity contribution in [3.05, 3.63) is 54.4 Å². The van der Waals surface area contributed by atoms with E-state index in [2.05, 4.69) is 34.6 Å². The number of nitrogens with one attached hydrogen (secondary N) is 2. The molecule has 0 saturated heterocycles. The number of carbonyl (C=O) groups is 1. The van der Waals surface area contributed by atoms with Gasteiger partial charge in [-0.2, -0.15) is 0 Å². The van der Waals surface area contributed by atoms with E-state index < -0.39 is 0 Å². The lowest BCUT2D eigenvalue weighted by atomic mass is 9.83. The Bertz CT molecular complexity index is 760. The predicted molar refractivity (Wildman–Crippen MR) is 116 cm³/mol. The first kappa shape index (κ1) is 21.1. The fraction of sp³-hybridized carbons (Fsp3) is 0.478. The van der Waals surface area contributed by atoms with Gasteiger partial charge in [0.05, 0.1) is 0 Å². The standard InChI is InChI=1S/C23H32N4O2/c1-27(2)22(19-9-4-3-5-10-19)16-25-23(28)26-20-11-6-12-21(14-20)29-17-18-8-7-13-24-15-18/h6-8,11-15,19,22H,3-5,9-10,16-17H2,1-2H3,(H2,25,26,28). The third-order valence-corrected chi connectivity index (χ3v) is 5.55. The van der Waals surface area contributed by atoms with Crippen molar-refractivity contribution < 1.29 is 9.53 Å². The monoisotopic (exact) mass is 396 g/mol. The Labute approximate surface area is 173 Å². The Morgan fingerprint density at radius 1 is 1.21 bits per heavy atom. The lowest BCUT2D eigenvalue weighted by molar-refractivity contribution is 0.167. The van der Waals surface area contributed by atoms with Gasteiger partial charge in [0.25, 0.3) is 0 Å². The highest BCUT2D eigenvalue weighted by Crippen LogP contribution is 2.28. The second-order valence-electron chi connectivity index (χ2n) is 7.94. The number of hydrogen-bond acceptors (Lipinski definition) is 4. The van der Waals surface area contributed by atoms with Crippen molar-refractivity contribution in [3.8, 4) is 5.75 Å². The maximum Gasteiger partial charge on any atom is 0.319 e. The molecule has 0 aliphatic heterocycles. The molecule has 2 aromatic rings. The summed E-state index contributed by atoms with van der Waals surface area (Å²) >= 11 is 0. The minimum Gasteiger partial charge on any atom is -0.489 e. The smallest absolute Gasteiger partial charge is 0.319 e. The summed E-state index contributed by atoms with van der Waals surface area (Å²) in [6.45, 7) is 1.09. The normalized spacial score (nSPS) is 15.7. The summed E-state index contributed by atoms with van der Waals surface area (Å²) in [6.07, 6.45) is 9.96. The highest BCUT2D eigenvalue weighted by molar-refractivity contribution is 5.89. The van der Waals surface area contributed by atoms with Gasteiger partial charge in [0.1, 0.15) is 12.4 Å². The molecule has 1 saturated carbocycles. The summed E-state index contributed by atoms with van der Waals surface area (Å²) in [6, 6.07) is 11.5. The number of carbonyl (C=O) groups excluding carboxylic acids is 1. The molecule has 1 unspecified atom stereocenters. The number of ether oxygens (including phenoxy) is 1. The fourth-order valence-corrected chi connectivity index (χ4v) is 3.98. The van der Waals surface area contributed by atoms with E-state index in [4.69, 9.17) is 4.74 Å². The van der Waals surface area contributed by atoms with Crippen LogP contribution in [0.2, 0.25) is 0 Å². The fourth-order valence-electron chi connectivity index (χ4n) is 3.98. The van der Waals surface area contributed by atoms with E-state index >= 15 is 0 Å². The first-order valence-corrected chi connectivity index (χ1v) is 10.4. The molecule has 1 aromatic carbocycles. The molecule has 6 heteroatoms. The number of benzene rings is 1. The largest absolute Gasteiger partial charge is 0.489 e. The highest BCUT2D eigenvalue weighted by Gasteiger charge is 2.25. The van der Waals surface area contributed by atoms with Crippen molar-refractivity contribution in [2.75, 3.05) is 26.0 Å². The molecular formula is C23H32N4O2. The first-order chi connectivity index (χ1) is 14.1. The lowest BCUT2D eigenvalue weighted by Crippen LogP contribution is -2.46. The van der Waals surface area contributed by atoms with Crippen LogP contribution in [-0.4, -0.2) is 42.6 Å². The van der Waals surface area contributed by atoms with Crippen LogP contribution >= 0.6 is 0 Å². The van der Waals surface area contributed by atoms with Crippen molar-refractivity contribution in [1.82, 2.24) is 15.2 Å². The summed E-state index contributed by atoms with van der Waals surface area (Å²) in [5, 5.41) is 5.96. The van der Waals surface area contributed by atoms with Gasteiger partial charge in [-0.25, -0.2) is 4.79 Å². The number of nitrogens with zero attached hydrogens (tertiary/aromatic N) is 2. The van der Waals surface area contributed by atoms with Crippen LogP contribution in [0, 0.1) is 5.92 Å². The van der Waals surface area contributed by atoms with E-state index in [0.29, 0.717) is 36.5 Å². The van der Waals surface area contributed by atoms with Gasteiger partial charge in [-0.1, -0.05) is 31.4 Å². The van der Waals surface area contributed by atoms with Crippen LogP contribution in [0.4, 0.5) is 10.5 Å². The van der Waals surface area contributed by atoms with Crippen LogP contribution in [0.15, 0.2) is 48.8 Å². The molecule has 1 aliphatic rings. The third kappa shape index (κ3) is 6.75. The number of pyridine rings is 1. The van der Waals surface area contributed by atoms with Gasteiger partial charge < -0.3 is 20.3 Å². The predicted octanol–water partition coefficient (Wildman–Crippen LogP) is 4.29. The van der Waals surface area contributed by atoms with Crippen molar-refractivity contribution in [1.29, 1.82) is 0 Å². The summed E-state index contributed by atoms with van der Waals surface area (Å²) in [4.78, 5) is 18.7. The van der Waals surface area contributed by atoms with E-state index in [0.717, 1.165) is 5.56 Å². The molecule has 0 bridgehead atoms. The van der Waals surface area contributed by atoms with Crippen molar-refractivity contribution in [2.24, 2.45) is 5.92 Å². The molecule has 6 nitrogen and oxygen atoms in total. The Balaban J connectivity index is 1.49. The summed E-state index contributed by atoms with van der Waals surface area (Å²) < 4.78 is 5.80. The molecule has 0 spiro atoms. The summed E-state index contributed by atoms with van der Waals surface area (Å²) in [7, 11) is 4.20. The molecule has 2 N–H and O–H groups in total. The summed E-state index contributed by atoms with van der Waals surface area (Å²) in [5.41, 5.74) is 1.71. The Morgan fingerprint density at radius 2 is 2.03 bits per heavy atom. The Morgan fingerprint density at radius 3 is 2.76 bits per heavy atom. The van der Waals surface area contributed by atoms with Gasteiger partial charge in [-0.05, 0) is 51.1 Å². The molecule has 1 atom stereocenters. The van der Waals surface area contributed by atoms with Crippen molar-refractivity contribution in [3.63, 3.8) is 0 Å². The Kier molecular flexibility index (Phi) is 7.87. The molecule has 1 aromatic heterocycles. The van der Waals surface area contributed by atoms with Gasteiger partial charge in [0.2, 0.25) is 0 Å². The van der Waals surface area contributed by atoms with Gasteiger partial charge in [0.15, 0.2) is 0 Å². The second-order valence-corrected chi connectivity index (χ2v) is 7.94. The SMILES string of the molecule is CN(C)C(CNC(=O)Nc1cccc(OCc2cccnc2)c1)C1CCCCC1. The molecule has 1 aliphatic carbocycles. The minimum atomic E-state index is -0.183. The van der Waals surface area contributed by atoms with Gasteiger partial charge in [-0.3, -0.25) is 4.98 Å². The van der Waals surface area contributed by atoms with Crippen LogP contribution in [0.25, 0.3) is 0 Å². The van der Waals surface area contributed by atoms with Crippen molar-refractivity contribution in [2.45, 2.75) is 44.8 Å². The zero-order valence-corrected chi connectivity index (χ0v) is 17.4. The van der Waals surface area contributed by atoms with Crippen LogP contribution in [0.5, 0.6) is 5.75 Å². The van der Waals surface area contributed by atoms with Crippen LogP contribution in [-0.2, 0) is 6.61 Å². The van der Waals surface area contributed by atoms with Crippen LogP contribution in [0.3, 0.4) is 0 Å². The number of hydrogen-bond donors (Lipinski definition) is 2. The van der Waals surface area contributed by atoms with E-state index in [1.54, 1.807) is 12.4 Å². The van der Waals surface area contributed by atoms with Crippen LogP contribution in [0.1, 0.15) is 37.7 Å². The quantitative estimate of drug-likeness (QED) is 0.698. The molecule has 3 rings (SSSR count). The van der Waals surface area contributed by atoms with Crippen LogP contribution < -0.4 is 15.4 Å². The average Bonchev–Trinajstić information content (AvgIpc) is 2.74. The summed E-state index contributed by atoms with van der Waals surface area (Å²) in [5.74, 6) is 1.36. The van der Waals surface area contributed by atoms with E-state index in [1.165, 1.54) is 32.1 Å². The maximum atomic E-state index is 12.4. The molecule has 29 heavy (non-hydrogen) atoms. The lowest BCUT2D eigenvalue weighted by Gasteiger charge is -2.34. The maximum absolute atomic E-state index is 12.4. The van der Waals surface area contributed by atoms with Gasteiger partial charge >= 0.3 is 6.03 Å². The Hall–Kier alpha value is -2.60. The number of aromatic nitrogens is 1. The minimum absolute atomic E-state index is 0.183. The number of amides is 2. The highest BCUT2D eigenvalue weighted by atomic mass is 16.5. The van der Waals surface area contributed by atoms with Gasteiger partial charge in [-0.15, -0.1) is 0 Å². The molecule has 0 radical (unpaired) electrons. The van der Waals surface area contributed by atoms with E-state index in [9.17, 15) is 4.79 Å². The van der Waals surface area contributed by atoms with Crippen molar-refractivity contribution >= 4 is 11.7 Å². The van der Waals surface area contributed by atoms with E-state index in [1.807, 2.05) is 36.4 Å². The van der Waals surface area contributed by atoms with E-state index in [-0.39, 0.29) is 6.03 Å². The molecule has 1 heterocycles. The number of urea groups is 1. The first-order valence-electron chi connectivity index (χ1n) is 10.4. The number of likely N-dealkylation sites (N-methyl/N-ethyl adjacent to an activating group) is 1. The van der Waals surface area contributed by atoms with Gasteiger partial charge in [0, 0.05) is 42.3 Å². The third-order valence-electron chi connectivity index (χ3n) is 5.55. The average molecular weight is 397 g/mol. The molecule has 156 valence electrons. The molecule has 1 fully saturated rings. The molecule has 2 amide bonds. The zero-order chi connectivity index (χ0) is 20.5. The number of anilines is 1. The zero-order valence-electron chi connectivity index (χ0n) is 17.4. The number of rotatable bonds is 8.